The van der Waals surface area contributed by atoms with Gasteiger partial charge in [0.05, 0.1) is 13.2 Å². The van der Waals surface area contributed by atoms with Crippen molar-refractivity contribution in [1.29, 1.82) is 0 Å². The molecule has 10 nitrogen and oxygen atoms in total. The Bertz CT molecular complexity index is 1420. The number of β-amino-alcohol motifs (C(OH)–C–C–N with tert-alkyl or cyclic N) is 1. The second kappa shape index (κ2) is 7.18. The predicted molar refractivity (Wildman–Crippen MR) is 110 cm³/mol. The first kappa shape index (κ1) is 18.7. The van der Waals surface area contributed by atoms with E-state index in [9.17, 15) is 14.4 Å². The highest BCUT2D eigenvalue weighted by atomic mass is 16.4. The van der Waals surface area contributed by atoms with Gasteiger partial charge in [-0.1, -0.05) is 12.1 Å². The van der Waals surface area contributed by atoms with Gasteiger partial charge < -0.3 is 14.8 Å². The average Bonchev–Trinajstić information content (AvgIpc) is 3.30. The van der Waals surface area contributed by atoms with Gasteiger partial charge in [0.15, 0.2) is 5.69 Å². The van der Waals surface area contributed by atoms with E-state index in [2.05, 4.69) is 15.5 Å². The van der Waals surface area contributed by atoms with Crippen LogP contribution in [-0.2, 0) is 9.59 Å². The van der Waals surface area contributed by atoms with Crippen LogP contribution in [0, 0.1) is 0 Å². The molecule has 2 amide bonds. The molecule has 1 aliphatic rings. The van der Waals surface area contributed by atoms with Crippen LogP contribution in [0.15, 0.2) is 69.5 Å². The lowest BCUT2D eigenvalue weighted by molar-refractivity contribution is -0.137. The van der Waals surface area contributed by atoms with E-state index >= 15 is 0 Å². The van der Waals surface area contributed by atoms with Crippen molar-refractivity contribution in [1.82, 2.24) is 19.9 Å². The van der Waals surface area contributed by atoms with Crippen molar-refractivity contribution in [2.24, 2.45) is 0 Å². The molecule has 0 saturated carbocycles. The third-order valence-electron chi connectivity index (χ3n) is 4.83. The SMILES string of the molecule is O=C1C=C(Nc2ccc3cc(-n4nc5ccccc5n4)c(=O)oc3c2)C(=O)N1CCO. The molecule has 10 heteroatoms. The lowest BCUT2D eigenvalue weighted by atomic mass is 10.2. The Labute approximate surface area is 174 Å². The smallest absolute Gasteiger partial charge is 0.364 e. The Morgan fingerprint density at radius 2 is 1.74 bits per heavy atom. The summed E-state index contributed by atoms with van der Waals surface area (Å²) in [5, 5.41) is 21.1. The molecule has 4 aromatic rings. The van der Waals surface area contributed by atoms with Crippen LogP contribution in [0.3, 0.4) is 0 Å². The number of anilines is 1. The van der Waals surface area contributed by atoms with Gasteiger partial charge in [-0.3, -0.25) is 14.5 Å². The molecule has 31 heavy (non-hydrogen) atoms. The molecule has 2 N–H and O–H groups in total. The summed E-state index contributed by atoms with van der Waals surface area (Å²) >= 11 is 0. The topological polar surface area (TPSA) is 131 Å². The van der Waals surface area contributed by atoms with Crippen LogP contribution in [-0.4, -0.2) is 50.0 Å². The maximum atomic E-state index is 12.5. The number of aromatic nitrogens is 3. The molecule has 0 saturated heterocycles. The molecule has 0 spiro atoms. The van der Waals surface area contributed by atoms with Crippen molar-refractivity contribution in [2.75, 3.05) is 18.5 Å². The second-order valence-electron chi connectivity index (χ2n) is 6.85. The second-order valence-corrected chi connectivity index (χ2v) is 6.85. The third kappa shape index (κ3) is 3.24. The molecule has 3 heterocycles. The largest absolute Gasteiger partial charge is 0.421 e. The maximum Gasteiger partial charge on any atom is 0.364 e. The summed E-state index contributed by atoms with van der Waals surface area (Å²) in [7, 11) is 0. The minimum atomic E-state index is -0.620. The summed E-state index contributed by atoms with van der Waals surface area (Å²) in [5.41, 5.74) is 1.68. The zero-order valence-corrected chi connectivity index (χ0v) is 16.0. The zero-order valence-electron chi connectivity index (χ0n) is 16.0. The number of aliphatic hydroxyl groups excluding tert-OH is 1. The van der Waals surface area contributed by atoms with Gasteiger partial charge in [-0.25, -0.2) is 4.79 Å². The number of imide groups is 1. The predicted octanol–water partition coefficient (Wildman–Crippen LogP) is 1.18. The molecule has 0 fully saturated rings. The molecule has 0 radical (unpaired) electrons. The van der Waals surface area contributed by atoms with Gasteiger partial charge in [-0.2, -0.15) is 0 Å². The van der Waals surface area contributed by atoms with E-state index < -0.39 is 17.4 Å². The summed E-state index contributed by atoms with van der Waals surface area (Å²) in [5.74, 6) is -1.04. The van der Waals surface area contributed by atoms with E-state index in [-0.39, 0.29) is 24.5 Å². The Kier molecular flexibility index (Phi) is 4.33. The standard InChI is InChI=1S/C21H15N5O5/c27-8-7-25-19(28)11-16(20(25)29)22-13-6-5-12-9-17(21(30)31-18(12)10-13)26-23-14-3-1-2-4-15(14)24-26/h1-6,9-11,22,27H,7-8H2. The van der Waals surface area contributed by atoms with Gasteiger partial charge in [0.2, 0.25) is 0 Å². The highest BCUT2D eigenvalue weighted by molar-refractivity contribution is 6.17. The van der Waals surface area contributed by atoms with Gasteiger partial charge in [0.1, 0.15) is 22.3 Å². The Hall–Kier alpha value is -4.31. The minimum Gasteiger partial charge on any atom is -0.421 e. The first-order chi connectivity index (χ1) is 15.0. The van der Waals surface area contributed by atoms with Gasteiger partial charge >= 0.3 is 5.63 Å². The van der Waals surface area contributed by atoms with Gasteiger partial charge in [-0.05, 0) is 30.3 Å². The van der Waals surface area contributed by atoms with E-state index in [1.807, 2.05) is 12.1 Å². The quantitative estimate of drug-likeness (QED) is 0.366. The van der Waals surface area contributed by atoms with E-state index in [1.54, 1.807) is 36.4 Å². The molecule has 2 aromatic carbocycles. The number of hydrogen-bond acceptors (Lipinski definition) is 8. The summed E-state index contributed by atoms with van der Waals surface area (Å²) in [6, 6.07) is 13.8. The van der Waals surface area contributed by atoms with Crippen molar-refractivity contribution >= 4 is 39.5 Å². The van der Waals surface area contributed by atoms with Crippen molar-refractivity contribution in [2.45, 2.75) is 0 Å². The summed E-state index contributed by atoms with van der Waals surface area (Å²) in [6.07, 6.45) is 1.16. The third-order valence-corrected chi connectivity index (χ3v) is 4.83. The molecule has 0 bridgehead atoms. The zero-order chi connectivity index (χ0) is 21.5. The Balaban J connectivity index is 1.47. The number of aliphatic hydroxyl groups is 1. The van der Waals surface area contributed by atoms with Crippen molar-refractivity contribution in [3.63, 3.8) is 0 Å². The van der Waals surface area contributed by atoms with Crippen LogP contribution in [0.4, 0.5) is 5.69 Å². The average molecular weight is 417 g/mol. The first-order valence-corrected chi connectivity index (χ1v) is 9.39. The lowest BCUT2D eigenvalue weighted by Crippen LogP contribution is -2.34. The number of nitrogens with zero attached hydrogens (tertiary/aromatic N) is 4. The number of rotatable bonds is 5. The molecule has 5 rings (SSSR count). The molecule has 154 valence electrons. The Morgan fingerprint density at radius 3 is 2.45 bits per heavy atom. The monoisotopic (exact) mass is 417 g/mol. The van der Waals surface area contributed by atoms with Crippen LogP contribution in [0.5, 0.6) is 0 Å². The van der Waals surface area contributed by atoms with Crippen molar-refractivity contribution in [3.8, 4) is 5.69 Å². The fourth-order valence-corrected chi connectivity index (χ4v) is 3.35. The van der Waals surface area contributed by atoms with Gasteiger partial charge in [-0.15, -0.1) is 15.0 Å². The van der Waals surface area contributed by atoms with E-state index in [4.69, 9.17) is 9.52 Å². The molecule has 0 atom stereocenters. The van der Waals surface area contributed by atoms with Crippen LogP contribution in [0.2, 0.25) is 0 Å². The maximum absolute atomic E-state index is 12.5. The molecular formula is C21H15N5O5. The van der Waals surface area contributed by atoms with Crippen molar-refractivity contribution in [3.05, 3.63) is 70.7 Å². The Morgan fingerprint density at radius 1 is 1.00 bits per heavy atom. The van der Waals surface area contributed by atoms with Crippen LogP contribution < -0.4 is 10.9 Å². The molecule has 2 aromatic heterocycles. The van der Waals surface area contributed by atoms with Gasteiger partial charge in [0, 0.05) is 23.2 Å². The van der Waals surface area contributed by atoms with Crippen molar-refractivity contribution < 1.29 is 19.1 Å². The normalized spacial score (nSPS) is 14.0. The number of benzene rings is 2. The molecule has 0 unspecified atom stereocenters. The van der Waals surface area contributed by atoms with Crippen LogP contribution in [0.25, 0.3) is 27.7 Å². The summed E-state index contributed by atoms with van der Waals surface area (Å²) in [4.78, 5) is 38.9. The highest BCUT2D eigenvalue weighted by Crippen LogP contribution is 2.23. The fourth-order valence-electron chi connectivity index (χ4n) is 3.35. The first-order valence-electron chi connectivity index (χ1n) is 9.39. The number of hydrogen-bond donors (Lipinski definition) is 2. The fraction of sp³-hybridized carbons (Fsp3) is 0.0952. The highest BCUT2D eigenvalue weighted by Gasteiger charge is 2.30. The lowest BCUT2D eigenvalue weighted by Gasteiger charge is -2.13. The van der Waals surface area contributed by atoms with Crippen LogP contribution in [0.1, 0.15) is 0 Å². The number of fused-ring (bicyclic) bond motifs is 2. The summed E-state index contributed by atoms with van der Waals surface area (Å²) in [6.45, 7) is -0.395. The number of nitrogens with one attached hydrogen (secondary N) is 1. The minimum absolute atomic E-state index is 0.0733. The molecular weight excluding hydrogens is 402 g/mol. The number of carbonyl (C=O) groups is 2. The molecule has 1 aliphatic heterocycles. The van der Waals surface area contributed by atoms with E-state index in [1.165, 1.54) is 4.80 Å². The molecule has 0 aliphatic carbocycles. The van der Waals surface area contributed by atoms with Crippen LogP contribution >= 0.6 is 0 Å². The number of amides is 2. The van der Waals surface area contributed by atoms with E-state index in [0.717, 1.165) is 11.0 Å². The van der Waals surface area contributed by atoms with Gasteiger partial charge in [0.25, 0.3) is 11.8 Å². The summed E-state index contributed by atoms with van der Waals surface area (Å²) < 4.78 is 5.44. The number of carbonyl (C=O) groups excluding carboxylic acids is 2. The van der Waals surface area contributed by atoms with E-state index in [0.29, 0.717) is 27.7 Å².